The van der Waals surface area contributed by atoms with Gasteiger partial charge >= 0.3 is 66.8 Å². The largest absolute Gasteiger partial charge is 2.00 e. The SMILES string of the molecule is CC(O)C(=O)O.[Ca+2].[H-].[H-].[H-].[H-].[Mg+2]. The molecule has 0 spiro atoms. The fourth-order valence-electron chi connectivity index (χ4n) is 0. The maximum atomic E-state index is 9.45. The zero-order chi connectivity index (χ0) is 5.15. The molecule has 0 radical (unpaired) electrons. The molecule has 0 aliphatic carbocycles. The molecule has 1 atom stereocenters. The number of rotatable bonds is 1. The molecule has 0 aromatic carbocycles. The number of carboxylic acid groups (broad SMARTS) is 1. The van der Waals surface area contributed by atoms with E-state index in [1.807, 2.05) is 0 Å². The van der Waals surface area contributed by atoms with Crippen molar-refractivity contribution in [2.24, 2.45) is 0 Å². The first-order valence-corrected chi connectivity index (χ1v) is 1.55. The van der Waals surface area contributed by atoms with Gasteiger partial charge in [0.25, 0.3) is 0 Å². The number of aliphatic hydroxyl groups is 1. The number of aliphatic hydroxyl groups excluding tert-OH is 1. The van der Waals surface area contributed by atoms with Crippen LogP contribution >= 0.6 is 0 Å². The summed E-state index contributed by atoms with van der Waals surface area (Å²) < 4.78 is 0. The smallest absolute Gasteiger partial charge is 1.00 e. The minimum Gasteiger partial charge on any atom is -1.00 e. The molecule has 0 aromatic heterocycles. The van der Waals surface area contributed by atoms with Crippen molar-refractivity contribution in [3.63, 3.8) is 0 Å². The summed E-state index contributed by atoms with van der Waals surface area (Å²) in [7, 11) is 0. The Balaban J connectivity index is -0.00000000833. The Hall–Kier alpha value is 1.46. The summed E-state index contributed by atoms with van der Waals surface area (Å²) in [6, 6.07) is 0. The molecule has 0 saturated heterocycles. The van der Waals surface area contributed by atoms with E-state index in [4.69, 9.17) is 10.2 Å². The zero-order valence-corrected chi connectivity index (χ0v) is 8.42. The Morgan fingerprint density at radius 3 is 1.88 bits per heavy atom. The van der Waals surface area contributed by atoms with Crippen molar-refractivity contribution in [1.29, 1.82) is 0 Å². The second-order valence-corrected chi connectivity index (χ2v) is 1.01. The maximum absolute atomic E-state index is 9.45. The van der Waals surface area contributed by atoms with Crippen molar-refractivity contribution in [2.45, 2.75) is 13.0 Å². The fourth-order valence-corrected chi connectivity index (χ4v) is 0. The molecule has 2 N–H and O–H groups in total. The third kappa shape index (κ3) is 10.4. The van der Waals surface area contributed by atoms with Crippen LogP contribution in [0.25, 0.3) is 0 Å². The van der Waals surface area contributed by atoms with E-state index in [-0.39, 0.29) is 66.5 Å². The first-order valence-electron chi connectivity index (χ1n) is 1.55. The van der Waals surface area contributed by atoms with Gasteiger partial charge in [-0.25, -0.2) is 4.79 Å². The first-order chi connectivity index (χ1) is 2.64. The average molecular weight is 158 g/mol. The molecule has 1 unspecified atom stereocenters. The van der Waals surface area contributed by atoms with E-state index in [9.17, 15) is 4.79 Å². The summed E-state index contributed by atoms with van der Waals surface area (Å²) in [5.74, 6) is -1.19. The predicted octanol–water partition coefficient (Wildman–Crippen LogP) is -0.860. The van der Waals surface area contributed by atoms with Gasteiger partial charge in [-0.05, 0) is 6.92 Å². The van der Waals surface area contributed by atoms with Crippen molar-refractivity contribution in [2.75, 3.05) is 0 Å². The molecule has 0 rings (SSSR count). The molecule has 0 fully saturated rings. The third-order valence-electron chi connectivity index (χ3n) is 0.357. The Kier molecular flexibility index (Phi) is 17.1. The van der Waals surface area contributed by atoms with Crippen LogP contribution in [0, 0.1) is 0 Å². The Morgan fingerprint density at radius 1 is 1.75 bits per heavy atom. The zero-order valence-electron chi connectivity index (χ0n) is 8.79. The van der Waals surface area contributed by atoms with E-state index in [1.54, 1.807) is 0 Å². The van der Waals surface area contributed by atoms with E-state index in [1.165, 1.54) is 6.92 Å². The molecular weight excluding hydrogens is 148 g/mol. The summed E-state index contributed by atoms with van der Waals surface area (Å²) in [5, 5.41) is 15.8. The summed E-state index contributed by atoms with van der Waals surface area (Å²) >= 11 is 0. The van der Waals surface area contributed by atoms with Gasteiger partial charge in [0.15, 0.2) is 0 Å². The quantitative estimate of drug-likeness (QED) is 0.489. The van der Waals surface area contributed by atoms with Crippen molar-refractivity contribution in [3.05, 3.63) is 0 Å². The summed E-state index contributed by atoms with van der Waals surface area (Å²) in [4.78, 5) is 9.45. The number of hydrogen-bond donors (Lipinski definition) is 2. The molecule has 0 bridgehead atoms. The van der Waals surface area contributed by atoms with Gasteiger partial charge in [0.1, 0.15) is 6.10 Å². The molecule has 0 aromatic rings. The van der Waals surface area contributed by atoms with Gasteiger partial charge in [-0.15, -0.1) is 0 Å². The third-order valence-corrected chi connectivity index (χ3v) is 0.357. The number of carbonyl (C=O) groups is 1. The monoisotopic (exact) mass is 158 g/mol. The van der Waals surface area contributed by atoms with Gasteiger partial charge in [0, 0.05) is 0 Å². The van der Waals surface area contributed by atoms with Gasteiger partial charge in [-0.2, -0.15) is 0 Å². The number of aliphatic carboxylic acids is 1. The molecule has 0 saturated carbocycles. The summed E-state index contributed by atoms with van der Waals surface area (Å²) in [6.45, 7) is 1.20. The van der Waals surface area contributed by atoms with E-state index in [2.05, 4.69) is 0 Å². The Morgan fingerprint density at radius 2 is 1.88 bits per heavy atom. The van der Waals surface area contributed by atoms with Gasteiger partial charge in [-0.3, -0.25) is 0 Å². The van der Waals surface area contributed by atoms with E-state index < -0.39 is 12.1 Å². The molecule has 5 heteroatoms. The molecule has 0 amide bonds. The Labute approximate surface area is 99.5 Å². The minimum atomic E-state index is -1.23. The second-order valence-electron chi connectivity index (χ2n) is 1.01. The molecule has 0 heterocycles. The second kappa shape index (κ2) is 8.46. The van der Waals surface area contributed by atoms with Crippen LogP contribution in [0.5, 0.6) is 0 Å². The van der Waals surface area contributed by atoms with Crippen LogP contribution in [-0.2, 0) is 4.79 Å². The topological polar surface area (TPSA) is 57.5 Å². The Bertz CT molecular complexity index is 76.6. The standard InChI is InChI=1S/C3H6O3.Ca.Mg.4H/c1-2(4)3(5)6;;;;;;/h2,4H,1H3,(H,5,6);;;;;;/q;2*+2;4*-1. The van der Waals surface area contributed by atoms with Crippen LogP contribution in [-0.4, -0.2) is 83.1 Å². The molecule has 0 aliphatic rings. The van der Waals surface area contributed by atoms with Gasteiger partial charge in [-0.1, -0.05) is 0 Å². The van der Waals surface area contributed by atoms with Crippen LogP contribution in [0.2, 0.25) is 0 Å². The molecule has 8 heavy (non-hydrogen) atoms. The van der Waals surface area contributed by atoms with Crippen LogP contribution in [0.4, 0.5) is 0 Å². The first kappa shape index (κ1) is 16.2. The number of carboxylic acids is 1. The average Bonchev–Trinajstić information content (AvgIpc) is 1.36. The fraction of sp³-hybridized carbons (Fsp3) is 0.667. The van der Waals surface area contributed by atoms with Crippen LogP contribution in [0.1, 0.15) is 12.6 Å². The minimum absolute atomic E-state index is 0. The van der Waals surface area contributed by atoms with Crippen LogP contribution < -0.4 is 0 Å². The van der Waals surface area contributed by atoms with Gasteiger partial charge < -0.3 is 15.9 Å². The maximum Gasteiger partial charge on any atom is 2.00 e. The molecule has 3 nitrogen and oxygen atoms in total. The van der Waals surface area contributed by atoms with E-state index in [0.29, 0.717) is 0 Å². The normalized spacial score (nSPS) is 10.2. The van der Waals surface area contributed by atoms with Crippen LogP contribution in [0.3, 0.4) is 0 Å². The predicted molar refractivity (Wildman–Crippen MR) is 35.3 cm³/mol. The summed E-state index contributed by atoms with van der Waals surface area (Å²) in [6.07, 6.45) is -1.23. The number of hydrogen-bond acceptors (Lipinski definition) is 2. The van der Waals surface area contributed by atoms with Gasteiger partial charge in [0.2, 0.25) is 0 Å². The van der Waals surface area contributed by atoms with Gasteiger partial charge in [0.05, 0.1) is 0 Å². The van der Waals surface area contributed by atoms with Crippen molar-refractivity contribution < 1.29 is 20.7 Å². The van der Waals surface area contributed by atoms with Crippen molar-refractivity contribution in [3.8, 4) is 0 Å². The molecule has 44 valence electrons. The van der Waals surface area contributed by atoms with E-state index in [0.717, 1.165) is 0 Å². The van der Waals surface area contributed by atoms with Crippen molar-refractivity contribution in [1.82, 2.24) is 0 Å². The van der Waals surface area contributed by atoms with E-state index >= 15 is 0 Å². The van der Waals surface area contributed by atoms with Crippen LogP contribution in [0.15, 0.2) is 0 Å². The molecular formula is C3H10CaMgO3. The van der Waals surface area contributed by atoms with Crippen molar-refractivity contribution >= 4 is 66.8 Å². The molecule has 0 aliphatic heterocycles. The summed E-state index contributed by atoms with van der Waals surface area (Å²) in [5.41, 5.74) is 0.